The normalized spacial score (nSPS) is 11.3. The van der Waals surface area contributed by atoms with Crippen molar-refractivity contribution >= 4 is 18.0 Å². The lowest BCUT2D eigenvalue weighted by molar-refractivity contribution is -0.149. The lowest BCUT2D eigenvalue weighted by atomic mass is 10.1. The molecule has 0 unspecified atom stereocenters. The monoisotopic (exact) mass is 412 g/mol. The van der Waals surface area contributed by atoms with Gasteiger partial charge in [0, 0.05) is 6.54 Å². The highest BCUT2D eigenvalue weighted by atomic mass is 16.5. The second-order valence-corrected chi connectivity index (χ2v) is 6.73. The third-order valence-electron chi connectivity index (χ3n) is 4.37. The minimum Gasteiger partial charge on any atom is -0.465 e. The van der Waals surface area contributed by atoms with E-state index < -0.39 is 18.1 Å². The second kappa shape index (κ2) is 12.3. The van der Waals surface area contributed by atoms with Crippen LogP contribution in [-0.4, -0.2) is 48.6 Å². The fourth-order valence-electron chi connectivity index (χ4n) is 2.82. The van der Waals surface area contributed by atoms with Crippen molar-refractivity contribution in [1.82, 2.24) is 10.2 Å². The van der Waals surface area contributed by atoms with Crippen LogP contribution in [0, 0.1) is 0 Å². The molecule has 7 nitrogen and oxygen atoms in total. The Kier molecular flexibility index (Phi) is 9.37. The topological polar surface area (TPSA) is 84.9 Å². The summed E-state index contributed by atoms with van der Waals surface area (Å²) in [6.07, 6.45) is -0.115. The van der Waals surface area contributed by atoms with E-state index in [-0.39, 0.29) is 25.7 Å². The van der Waals surface area contributed by atoms with Crippen molar-refractivity contribution in [3.05, 3.63) is 71.8 Å². The lowest BCUT2D eigenvalue weighted by Crippen LogP contribution is -2.49. The van der Waals surface area contributed by atoms with Gasteiger partial charge in [-0.2, -0.15) is 0 Å². The van der Waals surface area contributed by atoms with Gasteiger partial charge in [-0.25, -0.2) is 4.79 Å². The fourth-order valence-corrected chi connectivity index (χ4v) is 2.82. The summed E-state index contributed by atoms with van der Waals surface area (Å²) in [5.74, 6) is -0.867. The van der Waals surface area contributed by atoms with E-state index in [1.165, 1.54) is 4.90 Å². The number of alkyl carbamates (subject to hydrolysis) is 1. The number of esters is 1. The first-order valence-corrected chi connectivity index (χ1v) is 9.95. The first kappa shape index (κ1) is 22.9. The van der Waals surface area contributed by atoms with Gasteiger partial charge in [-0.1, -0.05) is 60.7 Å². The molecule has 0 aliphatic rings. The maximum Gasteiger partial charge on any atom is 0.408 e. The van der Waals surface area contributed by atoms with Crippen LogP contribution in [-0.2, 0) is 32.1 Å². The molecule has 160 valence electrons. The molecule has 0 aliphatic carbocycles. The second-order valence-electron chi connectivity index (χ2n) is 6.73. The zero-order valence-electron chi connectivity index (χ0n) is 17.4. The highest BCUT2D eigenvalue weighted by Gasteiger charge is 2.24. The van der Waals surface area contributed by atoms with Crippen LogP contribution in [0.5, 0.6) is 0 Å². The summed E-state index contributed by atoms with van der Waals surface area (Å²) >= 11 is 0. The van der Waals surface area contributed by atoms with E-state index in [0.717, 1.165) is 11.1 Å². The number of carbonyl (C=O) groups is 3. The van der Waals surface area contributed by atoms with Gasteiger partial charge >= 0.3 is 12.1 Å². The van der Waals surface area contributed by atoms with Gasteiger partial charge in [0.1, 0.15) is 19.2 Å². The Labute approximate surface area is 177 Å². The van der Waals surface area contributed by atoms with Gasteiger partial charge in [0.25, 0.3) is 0 Å². The van der Waals surface area contributed by atoms with E-state index in [9.17, 15) is 14.4 Å². The summed E-state index contributed by atoms with van der Waals surface area (Å²) in [6, 6.07) is 18.1. The number of ether oxygens (including phenoxy) is 2. The average molecular weight is 412 g/mol. The molecular formula is C23H28N2O5. The van der Waals surface area contributed by atoms with Gasteiger partial charge in [0.2, 0.25) is 5.91 Å². The van der Waals surface area contributed by atoms with Crippen molar-refractivity contribution in [2.24, 2.45) is 0 Å². The van der Waals surface area contributed by atoms with Crippen molar-refractivity contribution in [2.45, 2.75) is 32.9 Å². The molecule has 30 heavy (non-hydrogen) atoms. The average Bonchev–Trinajstić information content (AvgIpc) is 2.76. The van der Waals surface area contributed by atoms with Crippen LogP contribution in [0.1, 0.15) is 25.0 Å². The van der Waals surface area contributed by atoms with Crippen LogP contribution in [0.3, 0.4) is 0 Å². The molecule has 0 aromatic heterocycles. The maximum absolute atomic E-state index is 12.9. The van der Waals surface area contributed by atoms with Crippen molar-refractivity contribution in [2.75, 3.05) is 19.7 Å². The maximum atomic E-state index is 12.9. The molecule has 1 atom stereocenters. The van der Waals surface area contributed by atoms with Gasteiger partial charge in [0.15, 0.2) is 0 Å². The molecule has 0 saturated carbocycles. The molecule has 0 bridgehead atoms. The van der Waals surface area contributed by atoms with Gasteiger partial charge in [-0.15, -0.1) is 0 Å². The number of benzene rings is 2. The van der Waals surface area contributed by atoms with Crippen LogP contribution in [0.15, 0.2) is 60.7 Å². The Morgan fingerprint density at radius 1 is 0.933 bits per heavy atom. The van der Waals surface area contributed by atoms with Gasteiger partial charge < -0.3 is 19.7 Å². The largest absolute Gasteiger partial charge is 0.465 e. The summed E-state index contributed by atoms with van der Waals surface area (Å²) in [5.41, 5.74) is 1.89. The van der Waals surface area contributed by atoms with Crippen molar-refractivity contribution in [3.8, 4) is 0 Å². The molecule has 0 fully saturated rings. The minimum absolute atomic E-state index is 0.105. The van der Waals surface area contributed by atoms with Crippen LogP contribution in [0.25, 0.3) is 0 Å². The van der Waals surface area contributed by atoms with Crippen molar-refractivity contribution in [3.63, 3.8) is 0 Å². The predicted octanol–water partition coefficient (Wildman–Crippen LogP) is 2.94. The number of hydrogen-bond acceptors (Lipinski definition) is 5. The molecular weight excluding hydrogens is 384 g/mol. The van der Waals surface area contributed by atoms with E-state index in [4.69, 9.17) is 9.47 Å². The van der Waals surface area contributed by atoms with E-state index >= 15 is 0 Å². The fraction of sp³-hybridized carbons (Fsp3) is 0.348. The smallest absolute Gasteiger partial charge is 0.408 e. The van der Waals surface area contributed by atoms with Crippen LogP contribution in [0.4, 0.5) is 4.79 Å². The Balaban J connectivity index is 1.92. The molecule has 0 aliphatic heterocycles. The van der Waals surface area contributed by atoms with Crippen molar-refractivity contribution in [1.29, 1.82) is 0 Å². The molecule has 0 spiro atoms. The molecule has 2 amide bonds. The Bertz CT molecular complexity index is 811. The van der Waals surface area contributed by atoms with Gasteiger partial charge in [-0.3, -0.25) is 9.59 Å². The van der Waals surface area contributed by atoms with Crippen molar-refractivity contribution < 1.29 is 23.9 Å². The summed E-state index contributed by atoms with van der Waals surface area (Å²) in [7, 11) is 0. The van der Waals surface area contributed by atoms with E-state index in [2.05, 4.69) is 5.32 Å². The minimum atomic E-state index is -0.849. The molecule has 0 saturated heterocycles. The molecule has 2 rings (SSSR count). The zero-order chi connectivity index (χ0) is 21.8. The first-order valence-electron chi connectivity index (χ1n) is 9.95. The van der Waals surface area contributed by atoms with E-state index in [1.807, 2.05) is 60.7 Å². The summed E-state index contributed by atoms with van der Waals surface area (Å²) in [4.78, 5) is 38.3. The van der Waals surface area contributed by atoms with Gasteiger partial charge in [0.05, 0.1) is 6.61 Å². The zero-order valence-corrected chi connectivity index (χ0v) is 17.4. The number of carbonyl (C=O) groups excluding carboxylic acids is 3. The molecule has 2 aromatic rings. The first-order chi connectivity index (χ1) is 14.5. The molecule has 0 radical (unpaired) electrons. The molecule has 0 heterocycles. The SMILES string of the molecule is CCOC(=O)CN(CCc1ccccc1)C(=O)[C@H](C)NC(=O)OCc1ccccc1. The Morgan fingerprint density at radius 3 is 2.13 bits per heavy atom. The summed E-state index contributed by atoms with van der Waals surface area (Å²) in [6.45, 7) is 3.76. The standard InChI is InChI=1S/C23H28N2O5/c1-3-29-21(26)16-25(15-14-19-10-6-4-7-11-19)22(27)18(2)24-23(28)30-17-20-12-8-5-9-13-20/h4-13,18H,3,14-17H2,1-2H3,(H,24,28)/t18-/m0/s1. The Hall–Kier alpha value is -3.35. The number of nitrogens with zero attached hydrogens (tertiary/aromatic N) is 1. The molecule has 2 aromatic carbocycles. The van der Waals surface area contributed by atoms with Crippen LogP contribution < -0.4 is 5.32 Å². The molecule has 1 N–H and O–H groups in total. The van der Waals surface area contributed by atoms with Crippen LogP contribution in [0.2, 0.25) is 0 Å². The number of amides is 2. The number of rotatable bonds is 10. The van der Waals surface area contributed by atoms with Crippen LogP contribution >= 0.6 is 0 Å². The number of nitrogens with one attached hydrogen (secondary N) is 1. The number of hydrogen-bond donors (Lipinski definition) is 1. The molecule has 7 heteroatoms. The summed E-state index contributed by atoms with van der Waals surface area (Å²) in [5, 5.41) is 2.53. The highest BCUT2D eigenvalue weighted by Crippen LogP contribution is 2.05. The van der Waals surface area contributed by atoms with E-state index in [0.29, 0.717) is 13.0 Å². The third kappa shape index (κ3) is 7.95. The highest BCUT2D eigenvalue weighted by molar-refractivity contribution is 5.88. The predicted molar refractivity (Wildman–Crippen MR) is 113 cm³/mol. The lowest BCUT2D eigenvalue weighted by Gasteiger charge is -2.25. The summed E-state index contributed by atoms with van der Waals surface area (Å²) < 4.78 is 10.1. The van der Waals surface area contributed by atoms with Gasteiger partial charge in [-0.05, 0) is 31.4 Å². The quantitative estimate of drug-likeness (QED) is 0.607. The third-order valence-corrected chi connectivity index (χ3v) is 4.37. The Morgan fingerprint density at radius 2 is 1.53 bits per heavy atom. The van der Waals surface area contributed by atoms with E-state index in [1.54, 1.807) is 13.8 Å².